The van der Waals surface area contributed by atoms with Gasteiger partial charge < -0.3 is 10.2 Å². The molecule has 1 unspecified atom stereocenters. The molecule has 1 amide bonds. The van der Waals surface area contributed by atoms with E-state index < -0.39 is 0 Å². The summed E-state index contributed by atoms with van der Waals surface area (Å²) >= 11 is 1.51. The number of para-hydroxylation sites is 1. The van der Waals surface area contributed by atoms with Crippen molar-refractivity contribution in [2.45, 2.75) is 31.5 Å². The van der Waals surface area contributed by atoms with Crippen molar-refractivity contribution in [1.82, 2.24) is 29.5 Å². The predicted molar refractivity (Wildman–Crippen MR) is 118 cm³/mol. The van der Waals surface area contributed by atoms with Crippen molar-refractivity contribution in [3.63, 3.8) is 0 Å². The minimum absolute atomic E-state index is 0.0346. The number of hydrogen-bond donors (Lipinski definition) is 1. The molecule has 0 fully saturated rings. The quantitative estimate of drug-likeness (QED) is 0.555. The van der Waals surface area contributed by atoms with Crippen LogP contribution < -0.4 is 10.9 Å². The van der Waals surface area contributed by atoms with E-state index in [2.05, 4.69) is 29.2 Å². The molecule has 0 radical (unpaired) electrons. The molecule has 1 aliphatic heterocycles. The van der Waals surface area contributed by atoms with Gasteiger partial charge in [0.15, 0.2) is 10.8 Å². The Morgan fingerprint density at radius 3 is 2.77 bits per heavy atom. The summed E-state index contributed by atoms with van der Waals surface area (Å²) in [5, 5.41) is 8.47. The molecule has 8 nitrogen and oxygen atoms in total. The molecule has 158 valence electrons. The molecule has 1 aromatic carbocycles. The van der Waals surface area contributed by atoms with Gasteiger partial charge in [0, 0.05) is 25.3 Å². The van der Waals surface area contributed by atoms with E-state index in [-0.39, 0.29) is 23.9 Å². The van der Waals surface area contributed by atoms with Gasteiger partial charge in [-0.15, -0.1) is 0 Å². The lowest BCUT2D eigenvalue weighted by atomic mass is 10.2. The average Bonchev–Trinajstić information content (AvgIpc) is 3.37. The zero-order valence-electron chi connectivity index (χ0n) is 17.2. The number of nitrogens with one attached hydrogen (secondary N) is 1. The number of carbonyl (C=O) groups excluding carboxylic acids is 1. The van der Waals surface area contributed by atoms with E-state index in [0.29, 0.717) is 28.5 Å². The minimum atomic E-state index is -0.192. The summed E-state index contributed by atoms with van der Waals surface area (Å²) in [5.41, 5.74) is 1.27. The molecule has 9 heteroatoms. The second-order valence-electron chi connectivity index (χ2n) is 7.24. The molecule has 1 aliphatic rings. The van der Waals surface area contributed by atoms with Crippen LogP contribution in [0.2, 0.25) is 0 Å². The van der Waals surface area contributed by atoms with Crippen LogP contribution in [0.4, 0.5) is 0 Å². The Morgan fingerprint density at radius 1 is 1.27 bits per heavy atom. The maximum Gasteiger partial charge on any atom is 0.265 e. The second kappa shape index (κ2) is 9.01. The van der Waals surface area contributed by atoms with Crippen LogP contribution >= 0.6 is 11.8 Å². The molecule has 0 spiro atoms. The van der Waals surface area contributed by atoms with Crippen molar-refractivity contribution in [3.05, 3.63) is 46.9 Å². The third-order valence-electron chi connectivity index (χ3n) is 5.44. The van der Waals surface area contributed by atoms with E-state index in [4.69, 9.17) is 4.98 Å². The number of thioether (sulfide) groups is 1. The van der Waals surface area contributed by atoms with Gasteiger partial charge in [0.1, 0.15) is 5.39 Å². The van der Waals surface area contributed by atoms with E-state index in [1.54, 1.807) is 15.4 Å². The number of carbonyl (C=O) groups is 1. The fourth-order valence-corrected chi connectivity index (χ4v) is 4.85. The van der Waals surface area contributed by atoms with Gasteiger partial charge in [-0.25, -0.2) is 9.67 Å². The fraction of sp³-hybridized carbons (Fsp3) is 0.429. The first-order chi connectivity index (χ1) is 14.6. The molecule has 3 aromatic rings. The van der Waals surface area contributed by atoms with Crippen LogP contribution in [0.1, 0.15) is 26.3 Å². The van der Waals surface area contributed by atoms with Crippen LogP contribution in [0, 0.1) is 0 Å². The third-order valence-corrected chi connectivity index (χ3v) is 6.53. The van der Waals surface area contributed by atoms with Crippen molar-refractivity contribution in [3.8, 4) is 5.69 Å². The first-order valence-corrected chi connectivity index (χ1v) is 11.3. The number of rotatable bonds is 8. The van der Waals surface area contributed by atoms with Crippen molar-refractivity contribution in [2.24, 2.45) is 0 Å². The number of fused-ring (bicyclic) bond motifs is 2. The highest BCUT2D eigenvalue weighted by Gasteiger charge is 2.29. The topological polar surface area (TPSA) is 85.1 Å². The van der Waals surface area contributed by atoms with Gasteiger partial charge in [0.2, 0.25) is 5.91 Å². The molecular formula is C21H26N6O2S. The largest absolute Gasteiger partial charge is 0.355 e. The van der Waals surface area contributed by atoms with Crippen LogP contribution in [0.3, 0.4) is 0 Å². The summed E-state index contributed by atoms with van der Waals surface area (Å²) in [6.07, 6.45) is 1.84. The van der Waals surface area contributed by atoms with Crippen molar-refractivity contribution in [1.29, 1.82) is 0 Å². The number of hydrogen-bond acceptors (Lipinski definition) is 6. The van der Waals surface area contributed by atoms with Crippen molar-refractivity contribution < 1.29 is 4.79 Å². The highest BCUT2D eigenvalue weighted by Crippen LogP contribution is 2.33. The number of nitrogens with zero attached hydrogens (tertiary/aromatic N) is 5. The molecular weight excluding hydrogens is 400 g/mol. The smallest absolute Gasteiger partial charge is 0.265 e. The Labute approximate surface area is 179 Å². The van der Waals surface area contributed by atoms with Crippen LogP contribution in [0.5, 0.6) is 0 Å². The maximum absolute atomic E-state index is 13.2. The predicted octanol–water partition coefficient (Wildman–Crippen LogP) is 2.08. The van der Waals surface area contributed by atoms with Gasteiger partial charge >= 0.3 is 0 Å². The van der Waals surface area contributed by atoms with Gasteiger partial charge in [-0.2, -0.15) is 5.10 Å². The van der Waals surface area contributed by atoms with E-state index >= 15 is 0 Å². The zero-order chi connectivity index (χ0) is 21.1. The monoisotopic (exact) mass is 426 g/mol. The van der Waals surface area contributed by atoms with Gasteiger partial charge in [0.05, 0.1) is 17.9 Å². The summed E-state index contributed by atoms with van der Waals surface area (Å²) in [5.74, 6) is 0.629. The number of benzene rings is 1. The Morgan fingerprint density at radius 2 is 2.03 bits per heavy atom. The standard InChI is InChI=1S/C21H26N6O2S/c1-3-25(4-2)11-10-22-18(28)12-16-14-30-21-24-19-17(20(29)26(16)21)13-23-27(19)15-8-6-5-7-9-15/h5-9,13,16H,3-4,10-12,14H2,1-2H3,(H,22,28). The third kappa shape index (κ3) is 3.99. The molecule has 0 aliphatic carbocycles. The summed E-state index contributed by atoms with van der Waals surface area (Å²) in [6, 6.07) is 9.44. The Bertz CT molecular complexity index is 1090. The van der Waals surface area contributed by atoms with Crippen molar-refractivity contribution in [2.75, 3.05) is 31.9 Å². The summed E-state index contributed by atoms with van der Waals surface area (Å²) in [7, 11) is 0. The van der Waals surface area contributed by atoms with Gasteiger partial charge in [-0.05, 0) is 25.2 Å². The van der Waals surface area contributed by atoms with Gasteiger partial charge in [0.25, 0.3) is 5.56 Å². The Kier molecular flexibility index (Phi) is 6.19. The normalized spacial score (nSPS) is 15.6. The highest BCUT2D eigenvalue weighted by atomic mass is 32.2. The molecule has 2 aromatic heterocycles. The van der Waals surface area contributed by atoms with E-state index in [1.807, 2.05) is 30.3 Å². The molecule has 0 saturated carbocycles. The molecule has 0 saturated heterocycles. The SMILES string of the molecule is CCN(CC)CCNC(=O)CC1CSc2nc3c(cnn3-c3ccccc3)c(=O)n21. The zero-order valence-corrected chi connectivity index (χ0v) is 18.1. The first kappa shape index (κ1) is 20.6. The lowest BCUT2D eigenvalue weighted by Crippen LogP contribution is -2.36. The number of amides is 1. The van der Waals surface area contributed by atoms with Crippen LogP contribution in [-0.4, -0.2) is 62.1 Å². The first-order valence-electron chi connectivity index (χ1n) is 10.3. The highest BCUT2D eigenvalue weighted by molar-refractivity contribution is 7.99. The van der Waals surface area contributed by atoms with Crippen LogP contribution in [0.15, 0.2) is 46.5 Å². The molecule has 1 atom stereocenters. The number of aromatic nitrogens is 4. The summed E-state index contributed by atoms with van der Waals surface area (Å²) in [4.78, 5) is 32.6. The molecule has 0 bridgehead atoms. The van der Waals surface area contributed by atoms with E-state index in [0.717, 1.165) is 25.3 Å². The Hall–Kier alpha value is -2.65. The minimum Gasteiger partial charge on any atom is -0.355 e. The average molecular weight is 427 g/mol. The van der Waals surface area contributed by atoms with Crippen LogP contribution in [0.25, 0.3) is 16.7 Å². The van der Waals surface area contributed by atoms with E-state index in [1.165, 1.54) is 11.8 Å². The molecule has 30 heavy (non-hydrogen) atoms. The summed E-state index contributed by atoms with van der Waals surface area (Å²) < 4.78 is 3.35. The second-order valence-corrected chi connectivity index (χ2v) is 8.23. The van der Waals surface area contributed by atoms with Gasteiger partial charge in [-0.3, -0.25) is 14.2 Å². The Balaban J connectivity index is 1.52. The lowest BCUT2D eigenvalue weighted by molar-refractivity contribution is -0.121. The number of likely N-dealkylation sites (N-methyl/N-ethyl adjacent to an activating group) is 1. The fourth-order valence-electron chi connectivity index (χ4n) is 3.72. The molecule has 1 N–H and O–H groups in total. The summed E-state index contributed by atoms with van der Waals surface area (Å²) in [6.45, 7) is 7.59. The van der Waals surface area contributed by atoms with E-state index in [9.17, 15) is 9.59 Å². The van der Waals surface area contributed by atoms with Crippen molar-refractivity contribution >= 4 is 28.7 Å². The lowest BCUT2D eigenvalue weighted by Gasteiger charge is -2.18. The molecule has 4 rings (SSSR count). The van der Waals surface area contributed by atoms with Crippen LogP contribution in [-0.2, 0) is 4.79 Å². The molecule has 3 heterocycles. The maximum atomic E-state index is 13.2. The van der Waals surface area contributed by atoms with Gasteiger partial charge in [-0.1, -0.05) is 43.8 Å².